The molecule has 0 aliphatic rings. The molecule has 3 N–H and O–H groups in total. The molecule has 9 heteroatoms. The first-order valence-corrected chi connectivity index (χ1v) is 10.2. The molecule has 0 aliphatic carbocycles. The molecular weight excluding hydrogens is 445 g/mol. The smallest absolute Gasteiger partial charge is 0.250 e. The second kappa shape index (κ2) is 12.2. The number of hydrogen-bond donors (Lipinski definition) is 3. The van der Waals surface area contributed by atoms with E-state index in [1.165, 1.54) is 6.08 Å². The first kappa shape index (κ1) is 23.7. The topological polar surface area (TPSA) is 79.5 Å². The zero-order valence-electron chi connectivity index (χ0n) is 16.2. The first-order chi connectivity index (χ1) is 14.3. The summed E-state index contributed by atoms with van der Waals surface area (Å²) in [6, 6.07) is 12.6. The molecule has 0 saturated heterocycles. The van der Waals surface area contributed by atoms with E-state index in [1.807, 2.05) is 31.2 Å². The molecule has 0 aromatic heterocycles. The molecule has 0 spiro atoms. The summed E-state index contributed by atoms with van der Waals surface area (Å²) >= 11 is 16.8. The Bertz CT molecular complexity index is 934. The van der Waals surface area contributed by atoms with E-state index in [1.54, 1.807) is 24.3 Å². The standard InChI is InChI=1S/C21H21Cl2N3O3S/c1-14-4-6-15(7-5-14)8-11-19(27)24-21(30)26-25-20(28)3-2-12-29-18-10-9-16(22)13-17(18)23/h4-11,13H,2-3,12H2,1H3,(H,25,28)(H2,24,26,27,30)/b11-8+. The fourth-order valence-corrected chi connectivity index (χ4v) is 2.85. The van der Waals surface area contributed by atoms with Crippen molar-refractivity contribution in [2.24, 2.45) is 0 Å². The summed E-state index contributed by atoms with van der Waals surface area (Å²) < 4.78 is 5.51. The highest BCUT2D eigenvalue weighted by Crippen LogP contribution is 2.27. The van der Waals surface area contributed by atoms with Crippen molar-refractivity contribution in [3.05, 3.63) is 69.7 Å². The van der Waals surface area contributed by atoms with Crippen molar-refractivity contribution >= 4 is 58.4 Å². The van der Waals surface area contributed by atoms with E-state index in [4.69, 9.17) is 40.2 Å². The molecule has 2 aromatic carbocycles. The summed E-state index contributed by atoms with van der Waals surface area (Å²) in [5.74, 6) is -0.203. The Hall–Kier alpha value is -2.61. The van der Waals surface area contributed by atoms with Crippen LogP contribution in [0.2, 0.25) is 10.0 Å². The molecular formula is C21H21Cl2N3O3S. The molecule has 2 aromatic rings. The normalized spacial score (nSPS) is 10.5. The van der Waals surface area contributed by atoms with Crippen molar-refractivity contribution in [1.82, 2.24) is 16.2 Å². The third kappa shape index (κ3) is 8.82. The minimum Gasteiger partial charge on any atom is -0.492 e. The number of halogens is 2. The number of carbonyl (C=O) groups is 2. The van der Waals surface area contributed by atoms with Gasteiger partial charge in [-0.15, -0.1) is 0 Å². The average molecular weight is 466 g/mol. The van der Waals surface area contributed by atoms with Gasteiger partial charge in [-0.2, -0.15) is 0 Å². The molecule has 158 valence electrons. The molecule has 0 saturated carbocycles. The van der Waals surface area contributed by atoms with E-state index in [0.717, 1.165) is 11.1 Å². The molecule has 0 bridgehead atoms. The highest BCUT2D eigenvalue weighted by Gasteiger charge is 2.06. The van der Waals surface area contributed by atoms with Crippen LogP contribution in [-0.4, -0.2) is 23.5 Å². The molecule has 0 fully saturated rings. The van der Waals surface area contributed by atoms with Crippen LogP contribution in [0.3, 0.4) is 0 Å². The SMILES string of the molecule is Cc1ccc(/C=C/C(=O)NC(=S)NNC(=O)CCCOc2ccc(Cl)cc2Cl)cc1. The Balaban J connectivity index is 1.62. The molecule has 0 aliphatic heterocycles. The number of carbonyl (C=O) groups excluding carboxylic acids is 2. The Labute approximate surface area is 190 Å². The van der Waals surface area contributed by atoms with Gasteiger partial charge < -0.3 is 4.74 Å². The maximum Gasteiger partial charge on any atom is 0.250 e. The number of amides is 2. The van der Waals surface area contributed by atoms with Crippen molar-refractivity contribution in [3.63, 3.8) is 0 Å². The van der Waals surface area contributed by atoms with Crippen molar-refractivity contribution in [3.8, 4) is 5.75 Å². The Kier molecular flexibility index (Phi) is 9.60. The quantitative estimate of drug-likeness (QED) is 0.247. The predicted molar refractivity (Wildman–Crippen MR) is 123 cm³/mol. The van der Waals surface area contributed by atoms with Crippen LogP contribution in [0, 0.1) is 6.92 Å². The maximum atomic E-state index is 11.9. The molecule has 2 rings (SSSR count). The third-order valence-corrected chi connectivity index (χ3v) is 4.49. The van der Waals surface area contributed by atoms with Crippen LogP contribution in [0.1, 0.15) is 24.0 Å². The Morgan fingerprint density at radius 3 is 2.53 bits per heavy atom. The molecule has 0 unspecified atom stereocenters. The largest absolute Gasteiger partial charge is 0.492 e. The summed E-state index contributed by atoms with van der Waals surface area (Å²) in [7, 11) is 0. The van der Waals surface area contributed by atoms with Crippen LogP contribution in [0.5, 0.6) is 5.75 Å². The van der Waals surface area contributed by atoms with Gasteiger partial charge in [0.05, 0.1) is 11.6 Å². The summed E-state index contributed by atoms with van der Waals surface area (Å²) in [4.78, 5) is 23.7. The first-order valence-electron chi connectivity index (χ1n) is 9.06. The Morgan fingerprint density at radius 1 is 1.10 bits per heavy atom. The van der Waals surface area contributed by atoms with Crippen molar-refractivity contribution in [2.75, 3.05) is 6.61 Å². The lowest BCUT2D eigenvalue weighted by atomic mass is 10.1. The van der Waals surface area contributed by atoms with E-state index in [0.29, 0.717) is 28.8 Å². The van der Waals surface area contributed by atoms with E-state index in [9.17, 15) is 9.59 Å². The number of nitrogens with one attached hydrogen (secondary N) is 3. The summed E-state index contributed by atoms with van der Waals surface area (Å²) in [6.45, 7) is 2.29. The maximum absolute atomic E-state index is 11.9. The number of hydrogen-bond acceptors (Lipinski definition) is 4. The predicted octanol–water partition coefficient (Wildman–Crippen LogP) is 4.20. The van der Waals surface area contributed by atoms with Gasteiger partial charge >= 0.3 is 0 Å². The molecule has 0 heterocycles. The zero-order valence-corrected chi connectivity index (χ0v) is 18.5. The number of hydrazine groups is 1. The fraction of sp³-hybridized carbons (Fsp3) is 0.190. The van der Waals surface area contributed by atoms with E-state index in [-0.39, 0.29) is 17.4 Å². The lowest BCUT2D eigenvalue weighted by Gasteiger charge is -2.10. The zero-order chi connectivity index (χ0) is 21.9. The van der Waals surface area contributed by atoms with Crippen LogP contribution in [0.25, 0.3) is 6.08 Å². The van der Waals surface area contributed by atoms with Gasteiger partial charge in [0, 0.05) is 17.5 Å². The minimum absolute atomic E-state index is 0.00824. The molecule has 2 amide bonds. The molecule has 0 atom stereocenters. The van der Waals surface area contributed by atoms with Gasteiger partial charge in [0.15, 0.2) is 5.11 Å². The minimum atomic E-state index is -0.407. The molecule has 0 radical (unpaired) electrons. The van der Waals surface area contributed by atoms with Gasteiger partial charge in [0.1, 0.15) is 5.75 Å². The second-order valence-corrected chi connectivity index (χ2v) is 7.51. The van der Waals surface area contributed by atoms with Crippen molar-refractivity contribution < 1.29 is 14.3 Å². The van der Waals surface area contributed by atoms with Crippen LogP contribution in [0.15, 0.2) is 48.5 Å². The number of rotatable bonds is 7. The van der Waals surface area contributed by atoms with Gasteiger partial charge in [-0.25, -0.2) is 0 Å². The second-order valence-electron chi connectivity index (χ2n) is 6.26. The van der Waals surface area contributed by atoms with E-state index >= 15 is 0 Å². The third-order valence-electron chi connectivity index (χ3n) is 3.76. The summed E-state index contributed by atoms with van der Waals surface area (Å²) in [5.41, 5.74) is 6.93. The number of benzene rings is 2. The van der Waals surface area contributed by atoms with Gasteiger partial charge in [-0.3, -0.25) is 25.8 Å². The number of ether oxygens (including phenoxy) is 1. The monoisotopic (exact) mass is 465 g/mol. The summed E-state index contributed by atoms with van der Waals surface area (Å²) in [5, 5.41) is 3.37. The summed E-state index contributed by atoms with van der Waals surface area (Å²) in [6.07, 6.45) is 3.69. The van der Waals surface area contributed by atoms with Crippen LogP contribution >= 0.6 is 35.4 Å². The lowest BCUT2D eigenvalue weighted by Crippen LogP contribution is -2.48. The molecule has 6 nitrogen and oxygen atoms in total. The van der Waals surface area contributed by atoms with Gasteiger partial charge in [0.25, 0.3) is 0 Å². The number of aryl methyl sites for hydroxylation is 1. The van der Waals surface area contributed by atoms with Crippen molar-refractivity contribution in [2.45, 2.75) is 19.8 Å². The molecule has 30 heavy (non-hydrogen) atoms. The van der Waals surface area contributed by atoms with Crippen LogP contribution in [0.4, 0.5) is 0 Å². The van der Waals surface area contributed by atoms with Gasteiger partial charge in [-0.05, 0) is 55.4 Å². The highest BCUT2D eigenvalue weighted by molar-refractivity contribution is 7.80. The number of thiocarbonyl (C=S) groups is 1. The van der Waals surface area contributed by atoms with E-state index in [2.05, 4.69) is 16.2 Å². The highest BCUT2D eigenvalue weighted by atomic mass is 35.5. The fourth-order valence-electron chi connectivity index (χ4n) is 2.23. The van der Waals surface area contributed by atoms with Crippen LogP contribution in [-0.2, 0) is 9.59 Å². The van der Waals surface area contributed by atoms with Crippen molar-refractivity contribution in [1.29, 1.82) is 0 Å². The Morgan fingerprint density at radius 2 is 1.83 bits per heavy atom. The van der Waals surface area contributed by atoms with E-state index < -0.39 is 5.91 Å². The van der Waals surface area contributed by atoms with Gasteiger partial charge in [-0.1, -0.05) is 53.0 Å². The van der Waals surface area contributed by atoms with Gasteiger partial charge in [0.2, 0.25) is 11.8 Å². The lowest BCUT2D eigenvalue weighted by molar-refractivity contribution is -0.122. The van der Waals surface area contributed by atoms with Crippen LogP contribution < -0.4 is 20.9 Å². The average Bonchev–Trinajstić information content (AvgIpc) is 2.70.